The van der Waals surface area contributed by atoms with Gasteiger partial charge in [0.1, 0.15) is 0 Å². The van der Waals surface area contributed by atoms with Gasteiger partial charge in [0.25, 0.3) is 0 Å². The lowest BCUT2D eigenvalue weighted by Gasteiger charge is -1.92. The van der Waals surface area contributed by atoms with Gasteiger partial charge in [0.2, 0.25) is 0 Å². The third-order valence-corrected chi connectivity index (χ3v) is 3.33. The van der Waals surface area contributed by atoms with Gasteiger partial charge in [0.05, 0.1) is 12.0 Å². The normalized spacial score (nSPS) is 10.8. The van der Waals surface area contributed by atoms with Crippen molar-refractivity contribution in [2.45, 2.75) is 19.8 Å². The minimum atomic E-state index is 0.687. The molecule has 2 rings (SSSR count). The van der Waals surface area contributed by atoms with Crippen LogP contribution in [0.15, 0.2) is 22.1 Å². The smallest absolute Gasteiger partial charge is 0.165 e. The first-order chi connectivity index (χ1) is 7.31. The number of halogens is 1. The van der Waals surface area contributed by atoms with E-state index < -0.39 is 0 Å². The van der Waals surface area contributed by atoms with Gasteiger partial charge in [-0.05, 0) is 31.4 Å². The Hall–Kier alpha value is -0.800. The Morgan fingerprint density at radius 2 is 2.40 bits per heavy atom. The molecular weight excluding hydrogens is 230 g/mol. The van der Waals surface area contributed by atoms with Crippen molar-refractivity contribution >= 4 is 22.9 Å². The molecule has 0 bridgehead atoms. The lowest BCUT2D eigenvalue weighted by atomic mass is 10.3. The molecule has 2 nitrogen and oxygen atoms in total. The number of aryl methyl sites for hydroxylation is 2. The zero-order chi connectivity index (χ0) is 10.7. The molecule has 0 aliphatic heterocycles. The van der Waals surface area contributed by atoms with Crippen molar-refractivity contribution in [3.8, 4) is 10.8 Å². The summed E-state index contributed by atoms with van der Waals surface area (Å²) in [4.78, 5) is 4.52. The number of nitrogens with zero attached hydrogens (tertiary/aromatic N) is 1. The third-order valence-electron chi connectivity index (χ3n) is 2.17. The van der Waals surface area contributed by atoms with E-state index in [4.69, 9.17) is 16.0 Å². The second-order valence-electron chi connectivity index (χ2n) is 3.37. The SMILES string of the molecule is Cc1ccoc1-c1nc(CCCCl)cs1. The van der Waals surface area contributed by atoms with Crippen molar-refractivity contribution in [3.63, 3.8) is 0 Å². The molecule has 15 heavy (non-hydrogen) atoms. The van der Waals surface area contributed by atoms with Gasteiger partial charge >= 0.3 is 0 Å². The number of rotatable bonds is 4. The van der Waals surface area contributed by atoms with E-state index in [2.05, 4.69) is 10.4 Å². The second-order valence-corrected chi connectivity index (χ2v) is 4.61. The molecule has 2 aromatic heterocycles. The maximum absolute atomic E-state index is 5.64. The van der Waals surface area contributed by atoms with E-state index in [1.165, 1.54) is 0 Å². The average Bonchev–Trinajstić information content (AvgIpc) is 2.83. The highest BCUT2D eigenvalue weighted by atomic mass is 35.5. The summed E-state index contributed by atoms with van der Waals surface area (Å²) in [5, 5.41) is 3.03. The van der Waals surface area contributed by atoms with E-state index in [1.54, 1.807) is 17.6 Å². The van der Waals surface area contributed by atoms with E-state index in [9.17, 15) is 0 Å². The Kier molecular flexibility index (Phi) is 3.44. The molecule has 0 unspecified atom stereocenters. The fourth-order valence-electron chi connectivity index (χ4n) is 1.37. The summed E-state index contributed by atoms with van der Waals surface area (Å²) in [6, 6.07) is 1.95. The van der Waals surface area contributed by atoms with Crippen molar-refractivity contribution in [1.29, 1.82) is 0 Å². The number of hydrogen-bond acceptors (Lipinski definition) is 3. The van der Waals surface area contributed by atoms with E-state index in [0.717, 1.165) is 34.9 Å². The summed E-state index contributed by atoms with van der Waals surface area (Å²) in [6.45, 7) is 2.03. The highest BCUT2D eigenvalue weighted by Gasteiger charge is 2.09. The Morgan fingerprint density at radius 3 is 3.07 bits per heavy atom. The van der Waals surface area contributed by atoms with Crippen molar-refractivity contribution < 1.29 is 4.42 Å². The summed E-state index contributed by atoms with van der Waals surface area (Å²) in [5.74, 6) is 1.57. The van der Waals surface area contributed by atoms with E-state index in [-0.39, 0.29) is 0 Å². The van der Waals surface area contributed by atoms with Crippen LogP contribution >= 0.6 is 22.9 Å². The van der Waals surface area contributed by atoms with Crippen LogP contribution in [0.25, 0.3) is 10.8 Å². The van der Waals surface area contributed by atoms with Crippen LogP contribution in [-0.2, 0) is 6.42 Å². The summed E-state index contributed by atoms with van der Waals surface area (Å²) in [7, 11) is 0. The molecule has 0 spiro atoms. The second kappa shape index (κ2) is 4.81. The van der Waals surface area contributed by atoms with E-state index in [0.29, 0.717) is 5.88 Å². The van der Waals surface area contributed by atoms with Gasteiger partial charge in [0, 0.05) is 11.3 Å². The first kappa shape index (κ1) is 10.7. The van der Waals surface area contributed by atoms with Gasteiger partial charge in [-0.25, -0.2) is 4.98 Å². The molecule has 0 fully saturated rings. The number of alkyl halides is 1. The molecule has 0 aliphatic carbocycles. The molecule has 0 amide bonds. The third kappa shape index (κ3) is 2.41. The summed E-state index contributed by atoms with van der Waals surface area (Å²) in [6.07, 6.45) is 3.62. The topological polar surface area (TPSA) is 26.0 Å². The van der Waals surface area contributed by atoms with E-state index >= 15 is 0 Å². The molecule has 2 aromatic rings. The molecular formula is C11H12ClNOS. The molecule has 0 saturated heterocycles. The molecule has 0 aliphatic rings. The van der Waals surface area contributed by atoms with Crippen molar-refractivity contribution in [3.05, 3.63) is 29.0 Å². The molecule has 0 atom stereocenters. The van der Waals surface area contributed by atoms with Gasteiger partial charge in [-0.3, -0.25) is 0 Å². The predicted molar refractivity (Wildman–Crippen MR) is 63.6 cm³/mol. The van der Waals surface area contributed by atoms with Crippen LogP contribution in [0.4, 0.5) is 0 Å². The number of furan rings is 1. The summed E-state index contributed by atoms with van der Waals surface area (Å²) < 4.78 is 5.39. The highest BCUT2D eigenvalue weighted by molar-refractivity contribution is 7.13. The summed E-state index contributed by atoms with van der Waals surface area (Å²) >= 11 is 7.26. The molecule has 80 valence electrons. The first-order valence-corrected chi connectivity index (χ1v) is 6.27. The van der Waals surface area contributed by atoms with Crippen molar-refractivity contribution in [1.82, 2.24) is 4.98 Å². The van der Waals surface area contributed by atoms with Gasteiger partial charge < -0.3 is 4.42 Å². The number of aromatic nitrogens is 1. The largest absolute Gasteiger partial charge is 0.462 e. The Morgan fingerprint density at radius 1 is 1.53 bits per heavy atom. The quantitative estimate of drug-likeness (QED) is 0.760. The lowest BCUT2D eigenvalue weighted by molar-refractivity contribution is 0.580. The predicted octanol–water partition coefficient (Wildman–Crippen LogP) is 3.88. The zero-order valence-electron chi connectivity index (χ0n) is 8.50. The van der Waals surface area contributed by atoms with Crippen LogP contribution in [0.2, 0.25) is 0 Å². The van der Waals surface area contributed by atoms with Crippen LogP contribution in [0.1, 0.15) is 17.7 Å². The maximum atomic E-state index is 5.64. The Balaban J connectivity index is 2.17. The Bertz CT molecular complexity index is 435. The minimum Gasteiger partial charge on any atom is -0.462 e. The Labute approximate surface area is 97.9 Å². The van der Waals surface area contributed by atoms with Crippen LogP contribution < -0.4 is 0 Å². The van der Waals surface area contributed by atoms with Gasteiger partial charge in [-0.15, -0.1) is 22.9 Å². The average molecular weight is 242 g/mol. The van der Waals surface area contributed by atoms with Gasteiger partial charge in [-0.2, -0.15) is 0 Å². The molecule has 4 heteroatoms. The van der Waals surface area contributed by atoms with Crippen molar-refractivity contribution in [2.24, 2.45) is 0 Å². The molecule has 0 saturated carbocycles. The van der Waals surface area contributed by atoms with Crippen LogP contribution in [-0.4, -0.2) is 10.9 Å². The standard InChI is InChI=1S/C11H12ClNOS/c1-8-4-6-14-10(8)11-13-9(7-15-11)3-2-5-12/h4,6-7H,2-3,5H2,1H3. The molecule has 0 radical (unpaired) electrons. The maximum Gasteiger partial charge on any atom is 0.165 e. The molecule has 0 aromatic carbocycles. The van der Waals surface area contributed by atoms with Crippen LogP contribution in [0.5, 0.6) is 0 Å². The molecule has 2 heterocycles. The number of thiazole rings is 1. The first-order valence-electron chi connectivity index (χ1n) is 4.86. The van der Waals surface area contributed by atoms with Crippen molar-refractivity contribution in [2.75, 3.05) is 5.88 Å². The van der Waals surface area contributed by atoms with Crippen LogP contribution in [0.3, 0.4) is 0 Å². The monoisotopic (exact) mass is 241 g/mol. The summed E-state index contributed by atoms with van der Waals surface area (Å²) in [5.41, 5.74) is 2.24. The minimum absolute atomic E-state index is 0.687. The lowest BCUT2D eigenvalue weighted by Crippen LogP contribution is -1.86. The fraction of sp³-hybridized carbons (Fsp3) is 0.364. The van der Waals surface area contributed by atoms with Gasteiger partial charge in [0.15, 0.2) is 10.8 Å². The zero-order valence-corrected chi connectivity index (χ0v) is 10.1. The molecule has 0 N–H and O–H groups in total. The van der Waals surface area contributed by atoms with Gasteiger partial charge in [-0.1, -0.05) is 0 Å². The van der Waals surface area contributed by atoms with E-state index in [1.807, 2.05) is 13.0 Å². The van der Waals surface area contributed by atoms with Crippen LogP contribution in [0, 0.1) is 6.92 Å². The number of hydrogen-bond donors (Lipinski definition) is 0. The fourth-order valence-corrected chi connectivity index (χ4v) is 2.40. The highest BCUT2D eigenvalue weighted by Crippen LogP contribution is 2.27.